The van der Waals surface area contributed by atoms with Crippen molar-refractivity contribution in [2.45, 2.75) is 12.5 Å². The third kappa shape index (κ3) is 5.62. The normalized spacial score (nSPS) is 18.5. The van der Waals surface area contributed by atoms with Crippen LogP contribution in [0.25, 0.3) is 0 Å². The monoisotopic (exact) mass is 524 g/mol. The van der Waals surface area contributed by atoms with Crippen LogP contribution in [0.4, 0.5) is 10.5 Å². The highest BCUT2D eigenvalue weighted by atomic mass is 35.5. The SMILES string of the molecule is CN1C=C2C(=O)N(N3CCN(C(=O)[C@@H](Cc4ccncc4)NC(=O)Nc4ccc(Cl)cc4)CC3)CN2C1. The predicted octanol–water partition coefficient (Wildman–Crippen LogP) is 1.37. The van der Waals surface area contributed by atoms with E-state index in [0.717, 1.165) is 5.56 Å². The standard InChI is InChI=1S/C25H29ClN8O3/c1-30-15-22-24(36)34(17-32(22)16-30)33-12-10-31(11-13-33)23(35)21(14-18-6-8-27-9-7-18)29-25(37)28-20-4-2-19(26)3-5-20/h2-9,15,21H,10-14,16-17H2,1H3,(H2,28,29,37)/t21-/m1/s1. The summed E-state index contributed by atoms with van der Waals surface area (Å²) in [6.45, 7) is 3.18. The smallest absolute Gasteiger partial charge is 0.319 e. The van der Waals surface area contributed by atoms with E-state index in [0.29, 0.717) is 62.3 Å². The number of anilines is 1. The molecule has 0 unspecified atom stereocenters. The molecule has 37 heavy (non-hydrogen) atoms. The Bertz CT molecular complexity index is 1180. The number of hydrazine groups is 1. The van der Waals surface area contributed by atoms with Gasteiger partial charge in [0, 0.05) is 69.0 Å². The summed E-state index contributed by atoms with van der Waals surface area (Å²) < 4.78 is 0. The zero-order chi connectivity index (χ0) is 25.9. The fraction of sp³-hybridized carbons (Fsp3) is 0.360. The van der Waals surface area contributed by atoms with Gasteiger partial charge in [0.05, 0.1) is 6.67 Å². The second-order valence-corrected chi connectivity index (χ2v) is 9.73. The first kappa shape index (κ1) is 24.8. The largest absolute Gasteiger partial charge is 0.361 e. The minimum Gasteiger partial charge on any atom is -0.361 e. The molecule has 0 spiro atoms. The number of carbonyl (C=O) groups excluding carboxylic acids is 3. The molecule has 12 heteroatoms. The van der Waals surface area contributed by atoms with Gasteiger partial charge in [-0.2, -0.15) is 0 Å². The van der Waals surface area contributed by atoms with Crippen LogP contribution in [0.5, 0.6) is 0 Å². The van der Waals surface area contributed by atoms with E-state index in [1.54, 1.807) is 46.6 Å². The highest BCUT2D eigenvalue weighted by molar-refractivity contribution is 6.30. The Hall–Kier alpha value is -3.83. The first-order valence-electron chi connectivity index (χ1n) is 12.1. The van der Waals surface area contributed by atoms with Gasteiger partial charge in [0.1, 0.15) is 18.4 Å². The molecule has 3 aliphatic rings. The number of fused-ring (bicyclic) bond motifs is 1. The predicted molar refractivity (Wildman–Crippen MR) is 138 cm³/mol. The zero-order valence-electron chi connectivity index (χ0n) is 20.5. The molecule has 3 aliphatic heterocycles. The van der Waals surface area contributed by atoms with Gasteiger partial charge in [-0.05, 0) is 42.0 Å². The maximum absolute atomic E-state index is 13.6. The molecule has 194 valence electrons. The number of halogens is 1. The van der Waals surface area contributed by atoms with E-state index in [1.807, 2.05) is 40.2 Å². The summed E-state index contributed by atoms with van der Waals surface area (Å²) in [6, 6.07) is 9.16. The van der Waals surface area contributed by atoms with Crippen molar-refractivity contribution in [1.29, 1.82) is 0 Å². The fourth-order valence-electron chi connectivity index (χ4n) is 4.76. The number of nitrogens with one attached hydrogen (secondary N) is 2. The molecule has 0 saturated carbocycles. The summed E-state index contributed by atoms with van der Waals surface area (Å²) in [5, 5.41) is 9.92. The molecule has 0 radical (unpaired) electrons. The van der Waals surface area contributed by atoms with Gasteiger partial charge in [-0.15, -0.1) is 0 Å². The van der Waals surface area contributed by atoms with Gasteiger partial charge in [-0.3, -0.25) is 14.6 Å². The zero-order valence-corrected chi connectivity index (χ0v) is 21.3. The number of hydrogen-bond donors (Lipinski definition) is 2. The van der Waals surface area contributed by atoms with Crippen molar-refractivity contribution in [2.75, 3.05) is 51.9 Å². The van der Waals surface area contributed by atoms with Crippen LogP contribution in [0.15, 0.2) is 60.7 Å². The Balaban J connectivity index is 1.22. The summed E-state index contributed by atoms with van der Waals surface area (Å²) in [5.41, 5.74) is 2.16. The number of hydrogen-bond acceptors (Lipinski definition) is 7. The first-order valence-corrected chi connectivity index (χ1v) is 12.5. The van der Waals surface area contributed by atoms with E-state index in [1.165, 1.54) is 0 Å². The van der Waals surface area contributed by atoms with Crippen LogP contribution >= 0.6 is 11.6 Å². The van der Waals surface area contributed by atoms with E-state index in [4.69, 9.17) is 11.6 Å². The Morgan fingerprint density at radius 3 is 2.41 bits per heavy atom. The molecule has 1 aromatic heterocycles. The minimum absolute atomic E-state index is 0.0137. The molecule has 1 atom stereocenters. The molecule has 2 aromatic rings. The lowest BCUT2D eigenvalue weighted by atomic mass is 10.1. The summed E-state index contributed by atoms with van der Waals surface area (Å²) in [7, 11) is 1.94. The van der Waals surface area contributed by atoms with Crippen LogP contribution in [0.2, 0.25) is 5.02 Å². The Morgan fingerprint density at radius 2 is 1.73 bits per heavy atom. The molecule has 1 aromatic carbocycles. The summed E-state index contributed by atoms with van der Waals surface area (Å²) in [5.74, 6) is -0.180. The van der Waals surface area contributed by atoms with Gasteiger partial charge in [0.2, 0.25) is 5.91 Å². The number of carbonyl (C=O) groups is 3. The van der Waals surface area contributed by atoms with Gasteiger partial charge >= 0.3 is 6.03 Å². The van der Waals surface area contributed by atoms with E-state index < -0.39 is 12.1 Å². The number of nitrogens with zero attached hydrogens (tertiary/aromatic N) is 6. The van der Waals surface area contributed by atoms with Crippen LogP contribution in [-0.2, 0) is 16.0 Å². The average Bonchev–Trinajstić information content (AvgIpc) is 3.41. The maximum atomic E-state index is 13.6. The van der Waals surface area contributed by atoms with Crippen LogP contribution in [-0.4, -0.2) is 100 Å². The molecule has 11 nitrogen and oxygen atoms in total. The summed E-state index contributed by atoms with van der Waals surface area (Å²) in [6.07, 6.45) is 5.52. The molecular weight excluding hydrogens is 496 g/mol. The van der Waals surface area contributed by atoms with Crippen LogP contribution in [0.3, 0.4) is 0 Å². The van der Waals surface area contributed by atoms with Gasteiger partial charge in [-0.25, -0.2) is 14.8 Å². The molecule has 2 saturated heterocycles. The number of aromatic nitrogens is 1. The second-order valence-electron chi connectivity index (χ2n) is 9.30. The fourth-order valence-corrected chi connectivity index (χ4v) is 4.88. The number of urea groups is 1. The number of benzene rings is 1. The number of piperazine rings is 1. The lowest BCUT2D eigenvalue weighted by Gasteiger charge is -2.40. The third-order valence-electron chi connectivity index (χ3n) is 6.64. The van der Waals surface area contributed by atoms with Gasteiger partial charge in [0.15, 0.2) is 0 Å². The van der Waals surface area contributed by atoms with Crippen LogP contribution in [0.1, 0.15) is 5.56 Å². The molecule has 4 heterocycles. The Labute approximate surface area is 220 Å². The summed E-state index contributed by atoms with van der Waals surface area (Å²) >= 11 is 5.92. The van der Waals surface area contributed by atoms with Gasteiger partial charge in [0.25, 0.3) is 5.91 Å². The van der Waals surface area contributed by atoms with E-state index in [-0.39, 0.29) is 11.8 Å². The lowest BCUT2D eigenvalue weighted by Crippen LogP contribution is -2.59. The van der Waals surface area contributed by atoms with Gasteiger partial charge < -0.3 is 25.3 Å². The molecule has 2 fully saturated rings. The number of rotatable bonds is 6. The molecule has 0 aliphatic carbocycles. The van der Waals surface area contributed by atoms with Crippen LogP contribution in [0, 0.1) is 0 Å². The van der Waals surface area contributed by atoms with Crippen molar-refractivity contribution >= 4 is 35.1 Å². The third-order valence-corrected chi connectivity index (χ3v) is 6.89. The van der Waals surface area contributed by atoms with Crippen molar-refractivity contribution in [2.24, 2.45) is 0 Å². The van der Waals surface area contributed by atoms with Crippen molar-refractivity contribution in [3.63, 3.8) is 0 Å². The molecule has 2 N–H and O–H groups in total. The Morgan fingerprint density at radius 1 is 1.03 bits per heavy atom. The first-order chi connectivity index (χ1) is 17.9. The van der Waals surface area contributed by atoms with Crippen molar-refractivity contribution < 1.29 is 14.4 Å². The molecule has 4 amide bonds. The topological polar surface area (TPSA) is 104 Å². The maximum Gasteiger partial charge on any atom is 0.319 e. The van der Waals surface area contributed by atoms with Crippen molar-refractivity contribution in [3.8, 4) is 0 Å². The van der Waals surface area contributed by atoms with Crippen molar-refractivity contribution in [1.82, 2.24) is 35.0 Å². The number of pyridine rings is 1. The van der Waals surface area contributed by atoms with E-state index >= 15 is 0 Å². The molecule has 5 rings (SSSR count). The minimum atomic E-state index is -0.763. The van der Waals surface area contributed by atoms with Gasteiger partial charge in [-0.1, -0.05) is 11.6 Å². The van der Waals surface area contributed by atoms with E-state index in [2.05, 4.69) is 15.6 Å². The Kier molecular flexibility index (Phi) is 7.15. The molecular formula is C25H29ClN8O3. The van der Waals surface area contributed by atoms with Crippen molar-refractivity contribution in [3.05, 3.63) is 71.3 Å². The summed E-state index contributed by atoms with van der Waals surface area (Å²) in [4.78, 5) is 49.0. The highest BCUT2D eigenvalue weighted by Crippen LogP contribution is 2.26. The van der Waals surface area contributed by atoms with Crippen LogP contribution < -0.4 is 10.6 Å². The quantitative estimate of drug-likeness (QED) is 0.588. The lowest BCUT2D eigenvalue weighted by molar-refractivity contribution is -0.149. The average molecular weight is 525 g/mol. The van der Waals surface area contributed by atoms with E-state index in [9.17, 15) is 14.4 Å². The molecule has 0 bridgehead atoms. The number of amides is 4. The highest BCUT2D eigenvalue weighted by Gasteiger charge is 2.41. The second kappa shape index (κ2) is 10.7.